The van der Waals surface area contributed by atoms with Crippen LogP contribution < -0.4 is 10.1 Å². The molecule has 0 aliphatic heterocycles. The summed E-state index contributed by atoms with van der Waals surface area (Å²) in [7, 11) is 0. The SMILES string of the molecule is CCC(=O)NCCOc1cccc2ncnc(Cl)c12. The van der Waals surface area contributed by atoms with Gasteiger partial charge in [0.2, 0.25) is 5.91 Å². The number of aromatic nitrogens is 2. The van der Waals surface area contributed by atoms with Crippen molar-refractivity contribution in [2.24, 2.45) is 0 Å². The van der Waals surface area contributed by atoms with Crippen molar-refractivity contribution in [3.05, 3.63) is 29.7 Å². The number of carbonyl (C=O) groups is 1. The highest BCUT2D eigenvalue weighted by atomic mass is 35.5. The molecule has 0 aliphatic rings. The standard InChI is InChI=1S/C13H14ClN3O2/c1-2-11(18)15-6-7-19-10-5-3-4-9-12(10)13(14)17-8-16-9/h3-5,8H,2,6-7H2,1H3,(H,15,18). The van der Waals surface area contributed by atoms with Crippen LogP contribution in [-0.4, -0.2) is 29.0 Å². The second-order valence-electron chi connectivity index (χ2n) is 3.87. The monoisotopic (exact) mass is 279 g/mol. The predicted octanol–water partition coefficient (Wildman–Crippen LogP) is 2.19. The van der Waals surface area contributed by atoms with Gasteiger partial charge in [-0.3, -0.25) is 4.79 Å². The lowest BCUT2D eigenvalue weighted by atomic mass is 10.2. The van der Waals surface area contributed by atoms with Crippen molar-refractivity contribution in [1.29, 1.82) is 0 Å². The van der Waals surface area contributed by atoms with Gasteiger partial charge in [0.15, 0.2) is 0 Å². The zero-order valence-corrected chi connectivity index (χ0v) is 11.3. The van der Waals surface area contributed by atoms with Crippen LogP contribution in [0.2, 0.25) is 5.15 Å². The van der Waals surface area contributed by atoms with Crippen LogP contribution in [0.4, 0.5) is 0 Å². The molecule has 6 heteroatoms. The maximum Gasteiger partial charge on any atom is 0.219 e. The molecule has 19 heavy (non-hydrogen) atoms. The van der Waals surface area contributed by atoms with Crippen LogP contribution in [0.3, 0.4) is 0 Å². The molecule has 0 fully saturated rings. The minimum atomic E-state index is 0.00267. The Morgan fingerprint density at radius 1 is 1.42 bits per heavy atom. The third-order valence-electron chi connectivity index (χ3n) is 2.58. The topological polar surface area (TPSA) is 64.1 Å². The third-order valence-corrected chi connectivity index (χ3v) is 2.87. The van der Waals surface area contributed by atoms with E-state index in [4.69, 9.17) is 16.3 Å². The fraction of sp³-hybridized carbons (Fsp3) is 0.308. The number of nitrogens with zero attached hydrogens (tertiary/aromatic N) is 2. The Bertz CT molecular complexity index is 584. The Kier molecular flexibility index (Phi) is 4.52. The van der Waals surface area contributed by atoms with Crippen molar-refractivity contribution in [3.8, 4) is 5.75 Å². The van der Waals surface area contributed by atoms with Gasteiger partial charge in [0.1, 0.15) is 23.8 Å². The van der Waals surface area contributed by atoms with E-state index in [0.717, 1.165) is 5.52 Å². The molecule has 1 aromatic carbocycles. The van der Waals surface area contributed by atoms with E-state index in [2.05, 4.69) is 15.3 Å². The number of amides is 1. The summed E-state index contributed by atoms with van der Waals surface area (Å²) in [5, 5.41) is 3.78. The van der Waals surface area contributed by atoms with Gasteiger partial charge in [-0.15, -0.1) is 0 Å². The smallest absolute Gasteiger partial charge is 0.219 e. The molecule has 0 aliphatic carbocycles. The van der Waals surface area contributed by atoms with Gasteiger partial charge in [0, 0.05) is 6.42 Å². The molecule has 0 bridgehead atoms. The zero-order valence-electron chi connectivity index (χ0n) is 10.5. The molecule has 0 atom stereocenters. The number of carbonyl (C=O) groups excluding carboxylic acids is 1. The van der Waals surface area contributed by atoms with Crippen molar-refractivity contribution < 1.29 is 9.53 Å². The van der Waals surface area contributed by atoms with Gasteiger partial charge in [-0.1, -0.05) is 24.6 Å². The quantitative estimate of drug-likeness (QED) is 0.673. The van der Waals surface area contributed by atoms with E-state index in [1.165, 1.54) is 6.33 Å². The maximum atomic E-state index is 11.1. The van der Waals surface area contributed by atoms with Gasteiger partial charge >= 0.3 is 0 Å². The van der Waals surface area contributed by atoms with Crippen LogP contribution >= 0.6 is 11.6 Å². The molecule has 2 aromatic rings. The Morgan fingerprint density at radius 3 is 3.05 bits per heavy atom. The molecule has 1 amide bonds. The van der Waals surface area contributed by atoms with E-state index in [0.29, 0.717) is 35.9 Å². The zero-order chi connectivity index (χ0) is 13.7. The first-order valence-corrected chi connectivity index (χ1v) is 6.39. The number of fused-ring (bicyclic) bond motifs is 1. The molecule has 1 aromatic heterocycles. The Morgan fingerprint density at radius 2 is 2.26 bits per heavy atom. The summed E-state index contributed by atoms with van der Waals surface area (Å²) in [6.07, 6.45) is 1.88. The Labute approximate surface area is 116 Å². The lowest BCUT2D eigenvalue weighted by molar-refractivity contribution is -0.120. The number of hydrogen-bond donors (Lipinski definition) is 1. The minimum absolute atomic E-state index is 0.00267. The average molecular weight is 280 g/mol. The van der Waals surface area contributed by atoms with Crippen molar-refractivity contribution in [2.45, 2.75) is 13.3 Å². The summed E-state index contributed by atoms with van der Waals surface area (Å²) in [5.74, 6) is 0.622. The number of benzene rings is 1. The first-order chi connectivity index (χ1) is 9.22. The van der Waals surface area contributed by atoms with Crippen LogP contribution in [0.1, 0.15) is 13.3 Å². The summed E-state index contributed by atoms with van der Waals surface area (Å²) in [6, 6.07) is 5.49. The normalized spacial score (nSPS) is 10.4. The molecule has 0 unspecified atom stereocenters. The van der Waals surface area contributed by atoms with Gasteiger partial charge in [-0.2, -0.15) is 0 Å². The van der Waals surface area contributed by atoms with Crippen LogP contribution in [0, 0.1) is 0 Å². The molecule has 0 saturated carbocycles. The van der Waals surface area contributed by atoms with E-state index in [-0.39, 0.29) is 5.91 Å². The number of halogens is 1. The Hall–Kier alpha value is -1.88. The highest BCUT2D eigenvalue weighted by molar-refractivity contribution is 6.34. The van der Waals surface area contributed by atoms with Crippen LogP contribution in [0.5, 0.6) is 5.75 Å². The fourth-order valence-corrected chi connectivity index (χ4v) is 1.87. The minimum Gasteiger partial charge on any atom is -0.491 e. The molecule has 0 spiro atoms. The summed E-state index contributed by atoms with van der Waals surface area (Å²) in [6.45, 7) is 2.63. The van der Waals surface area contributed by atoms with Gasteiger partial charge in [0.25, 0.3) is 0 Å². The number of ether oxygens (including phenoxy) is 1. The molecular weight excluding hydrogens is 266 g/mol. The average Bonchev–Trinajstić information content (AvgIpc) is 2.43. The number of nitrogens with one attached hydrogen (secondary N) is 1. The van der Waals surface area contributed by atoms with E-state index in [1.54, 1.807) is 13.0 Å². The molecule has 0 saturated heterocycles. The molecule has 1 N–H and O–H groups in total. The van der Waals surface area contributed by atoms with Crippen LogP contribution in [0.25, 0.3) is 10.9 Å². The van der Waals surface area contributed by atoms with Gasteiger partial charge in [-0.05, 0) is 12.1 Å². The molecule has 100 valence electrons. The molecule has 0 radical (unpaired) electrons. The Balaban J connectivity index is 2.07. The van der Waals surface area contributed by atoms with Crippen LogP contribution in [0.15, 0.2) is 24.5 Å². The second-order valence-corrected chi connectivity index (χ2v) is 4.22. The third kappa shape index (κ3) is 3.32. The van der Waals surface area contributed by atoms with E-state index in [1.807, 2.05) is 12.1 Å². The van der Waals surface area contributed by atoms with Gasteiger partial charge in [-0.25, -0.2) is 9.97 Å². The molecular formula is C13H14ClN3O2. The highest BCUT2D eigenvalue weighted by Gasteiger charge is 2.08. The van der Waals surface area contributed by atoms with Crippen molar-refractivity contribution in [1.82, 2.24) is 15.3 Å². The number of rotatable bonds is 5. The van der Waals surface area contributed by atoms with Crippen molar-refractivity contribution in [2.75, 3.05) is 13.2 Å². The van der Waals surface area contributed by atoms with Crippen molar-refractivity contribution >= 4 is 28.4 Å². The lowest BCUT2D eigenvalue weighted by Crippen LogP contribution is -2.27. The molecule has 5 nitrogen and oxygen atoms in total. The highest BCUT2D eigenvalue weighted by Crippen LogP contribution is 2.28. The van der Waals surface area contributed by atoms with E-state index < -0.39 is 0 Å². The largest absolute Gasteiger partial charge is 0.491 e. The van der Waals surface area contributed by atoms with Crippen molar-refractivity contribution in [3.63, 3.8) is 0 Å². The molecule has 1 heterocycles. The summed E-state index contributed by atoms with van der Waals surface area (Å²) in [4.78, 5) is 19.2. The van der Waals surface area contributed by atoms with E-state index >= 15 is 0 Å². The lowest BCUT2D eigenvalue weighted by Gasteiger charge is -2.10. The summed E-state index contributed by atoms with van der Waals surface area (Å²) in [5.41, 5.74) is 0.732. The first-order valence-electron chi connectivity index (χ1n) is 6.01. The van der Waals surface area contributed by atoms with Crippen LogP contribution in [-0.2, 0) is 4.79 Å². The van der Waals surface area contributed by atoms with Gasteiger partial charge < -0.3 is 10.1 Å². The summed E-state index contributed by atoms with van der Waals surface area (Å²) >= 11 is 6.05. The predicted molar refractivity (Wildman–Crippen MR) is 73.3 cm³/mol. The van der Waals surface area contributed by atoms with Gasteiger partial charge in [0.05, 0.1) is 17.4 Å². The second kappa shape index (κ2) is 6.33. The first kappa shape index (κ1) is 13.5. The number of hydrogen-bond acceptors (Lipinski definition) is 4. The maximum absolute atomic E-state index is 11.1. The fourth-order valence-electron chi connectivity index (χ4n) is 1.64. The molecule has 2 rings (SSSR count). The van der Waals surface area contributed by atoms with E-state index in [9.17, 15) is 4.79 Å². The summed E-state index contributed by atoms with van der Waals surface area (Å²) < 4.78 is 5.62.